The van der Waals surface area contributed by atoms with E-state index < -0.39 is 23.6 Å². The number of hydrogen-bond donors (Lipinski definition) is 3. The van der Waals surface area contributed by atoms with Crippen molar-refractivity contribution in [1.82, 2.24) is 16.0 Å². The molecule has 4 aliphatic rings. The van der Waals surface area contributed by atoms with E-state index >= 15 is 0 Å². The summed E-state index contributed by atoms with van der Waals surface area (Å²) in [6.07, 6.45) is -1.91. The quantitative estimate of drug-likeness (QED) is 0.512. The SMILES string of the molecule is O=C(COc1ccc(Cl)c(F)c1)NC12CC(C1)[C@@H](C(=O)NCC1CCC(C(F)(F)F)NC1)C2. The highest BCUT2D eigenvalue weighted by molar-refractivity contribution is 6.30. The Labute approximate surface area is 193 Å². The van der Waals surface area contributed by atoms with Crippen LogP contribution >= 0.6 is 11.6 Å². The van der Waals surface area contributed by atoms with E-state index in [4.69, 9.17) is 16.3 Å². The molecule has 2 unspecified atom stereocenters. The van der Waals surface area contributed by atoms with Gasteiger partial charge in [0, 0.05) is 30.6 Å². The van der Waals surface area contributed by atoms with Gasteiger partial charge in [-0.2, -0.15) is 13.2 Å². The zero-order valence-corrected chi connectivity index (χ0v) is 18.6. The first kappa shape index (κ1) is 24.1. The molecular formula is C22H26ClF4N3O3. The molecule has 3 saturated carbocycles. The summed E-state index contributed by atoms with van der Waals surface area (Å²) in [5.74, 6) is -0.988. The highest BCUT2D eigenvalue weighted by Gasteiger charge is 2.58. The second kappa shape index (κ2) is 9.29. The maximum absolute atomic E-state index is 13.5. The Bertz CT molecular complexity index is 899. The second-order valence-electron chi connectivity index (χ2n) is 9.36. The smallest absolute Gasteiger partial charge is 0.403 e. The predicted octanol–water partition coefficient (Wildman–Crippen LogP) is 3.19. The number of fused-ring (bicyclic) bond motifs is 1. The minimum Gasteiger partial charge on any atom is -0.484 e. The number of alkyl halides is 3. The maximum Gasteiger partial charge on any atom is 0.403 e. The summed E-state index contributed by atoms with van der Waals surface area (Å²) in [4.78, 5) is 25.0. The lowest BCUT2D eigenvalue weighted by Gasteiger charge is -2.39. The van der Waals surface area contributed by atoms with Gasteiger partial charge in [0.1, 0.15) is 17.6 Å². The number of carbonyl (C=O) groups is 2. The Hall–Kier alpha value is -2.07. The number of carbonyl (C=O) groups excluding carboxylic acids is 2. The molecular weight excluding hydrogens is 466 g/mol. The molecule has 0 spiro atoms. The standard InChI is InChI=1S/C22H26ClF4N3O3/c23-16-3-2-14(5-17(16)24)33-11-19(31)30-21-6-13(7-21)15(8-21)20(32)29-10-12-1-4-18(28-9-12)22(25,26)27/h2-3,5,12-13,15,18,28H,1,4,6-11H2,(H,29,32)(H,30,31)/t12?,13?,15-,18?,21?/m0/s1. The van der Waals surface area contributed by atoms with Crippen LogP contribution in [0.3, 0.4) is 0 Å². The lowest BCUT2D eigenvalue weighted by molar-refractivity contribution is -0.162. The molecule has 1 aromatic rings. The van der Waals surface area contributed by atoms with Crippen LogP contribution in [0.15, 0.2) is 18.2 Å². The van der Waals surface area contributed by atoms with Crippen LogP contribution in [0, 0.1) is 23.6 Å². The number of amides is 2. The monoisotopic (exact) mass is 491 g/mol. The number of benzene rings is 1. The van der Waals surface area contributed by atoms with E-state index in [9.17, 15) is 27.2 Å². The summed E-state index contributed by atoms with van der Waals surface area (Å²) in [7, 11) is 0. The van der Waals surface area contributed by atoms with Gasteiger partial charge in [-0.25, -0.2) is 4.39 Å². The van der Waals surface area contributed by atoms with Gasteiger partial charge in [-0.05, 0) is 56.1 Å². The molecule has 2 amide bonds. The molecule has 6 nitrogen and oxygen atoms in total. The first-order valence-corrected chi connectivity index (χ1v) is 11.4. The van der Waals surface area contributed by atoms with Crippen LogP contribution < -0.4 is 20.7 Å². The van der Waals surface area contributed by atoms with E-state index in [2.05, 4.69) is 16.0 Å². The molecule has 1 saturated heterocycles. The van der Waals surface area contributed by atoms with Gasteiger partial charge in [-0.1, -0.05) is 11.6 Å². The first-order chi connectivity index (χ1) is 15.5. The fourth-order valence-electron chi connectivity index (χ4n) is 5.24. The first-order valence-electron chi connectivity index (χ1n) is 11.0. The van der Waals surface area contributed by atoms with Gasteiger partial charge in [-0.3, -0.25) is 9.59 Å². The highest BCUT2D eigenvalue weighted by Crippen LogP contribution is 2.55. The molecule has 182 valence electrons. The number of halogens is 5. The number of rotatable bonds is 7. The zero-order valence-electron chi connectivity index (χ0n) is 17.8. The number of ether oxygens (including phenoxy) is 1. The minimum absolute atomic E-state index is 0.00989. The summed E-state index contributed by atoms with van der Waals surface area (Å²) >= 11 is 5.62. The number of piperidine rings is 1. The normalized spacial score (nSPS) is 30.9. The van der Waals surface area contributed by atoms with Gasteiger partial charge < -0.3 is 20.7 Å². The Kier molecular flexibility index (Phi) is 6.77. The fraction of sp³-hybridized carbons (Fsp3) is 0.636. The minimum atomic E-state index is -4.24. The summed E-state index contributed by atoms with van der Waals surface area (Å²) in [5, 5.41) is 8.31. The highest BCUT2D eigenvalue weighted by atomic mass is 35.5. The van der Waals surface area contributed by atoms with Gasteiger partial charge in [-0.15, -0.1) is 0 Å². The van der Waals surface area contributed by atoms with Gasteiger partial charge in [0.05, 0.1) is 5.02 Å². The van der Waals surface area contributed by atoms with Gasteiger partial charge >= 0.3 is 6.18 Å². The molecule has 0 radical (unpaired) electrons. The molecule has 5 rings (SSSR count). The molecule has 3 atom stereocenters. The van der Waals surface area contributed by atoms with Crippen molar-refractivity contribution in [2.24, 2.45) is 17.8 Å². The second-order valence-corrected chi connectivity index (χ2v) is 9.77. The van der Waals surface area contributed by atoms with Gasteiger partial charge in [0.25, 0.3) is 5.91 Å². The van der Waals surface area contributed by atoms with Crippen LogP contribution in [-0.2, 0) is 9.59 Å². The summed E-state index contributed by atoms with van der Waals surface area (Å²) in [5.41, 5.74) is -0.440. The van der Waals surface area contributed by atoms with E-state index in [0.29, 0.717) is 32.2 Å². The van der Waals surface area contributed by atoms with E-state index in [1.165, 1.54) is 12.1 Å². The number of hydrogen-bond acceptors (Lipinski definition) is 4. The van der Waals surface area contributed by atoms with Crippen LogP contribution in [0.2, 0.25) is 5.02 Å². The molecule has 3 aliphatic carbocycles. The van der Waals surface area contributed by atoms with Crippen LogP contribution in [0.25, 0.3) is 0 Å². The zero-order chi connectivity index (χ0) is 23.8. The molecule has 11 heteroatoms. The van der Waals surface area contributed by atoms with Crippen molar-refractivity contribution >= 4 is 23.4 Å². The van der Waals surface area contributed by atoms with Crippen LogP contribution in [0.5, 0.6) is 5.75 Å². The Morgan fingerprint density at radius 2 is 1.97 bits per heavy atom. The average Bonchev–Trinajstić information content (AvgIpc) is 3.28. The third-order valence-electron chi connectivity index (χ3n) is 6.96. The van der Waals surface area contributed by atoms with Crippen LogP contribution in [0.4, 0.5) is 17.6 Å². The largest absolute Gasteiger partial charge is 0.484 e. The topological polar surface area (TPSA) is 79.5 Å². The molecule has 1 heterocycles. The molecule has 1 aliphatic heterocycles. The predicted molar refractivity (Wildman–Crippen MR) is 112 cm³/mol. The Morgan fingerprint density at radius 1 is 1.21 bits per heavy atom. The van der Waals surface area contributed by atoms with Crippen molar-refractivity contribution in [1.29, 1.82) is 0 Å². The molecule has 4 fully saturated rings. The molecule has 33 heavy (non-hydrogen) atoms. The molecule has 0 aromatic heterocycles. The van der Waals surface area contributed by atoms with Crippen LogP contribution in [-0.4, -0.2) is 49.3 Å². The third-order valence-corrected chi connectivity index (χ3v) is 7.27. The Morgan fingerprint density at radius 3 is 2.61 bits per heavy atom. The van der Waals surface area contributed by atoms with Crippen LogP contribution in [0.1, 0.15) is 32.1 Å². The molecule has 2 bridgehead atoms. The maximum atomic E-state index is 13.5. The summed E-state index contributed by atoms with van der Waals surface area (Å²) in [6.45, 7) is 0.276. The van der Waals surface area contributed by atoms with Gasteiger partial charge in [0.15, 0.2) is 6.61 Å². The van der Waals surface area contributed by atoms with Crippen molar-refractivity contribution in [3.05, 3.63) is 29.0 Å². The summed E-state index contributed by atoms with van der Waals surface area (Å²) in [6, 6.07) is 2.45. The lowest BCUT2D eigenvalue weighted by Crippen LogP contribution is -2.53. The van der Waals surface area contributed by atoms with E-state index in [-0.39, 0.29) is 59.9 Å². The molecule has 3 N–H and O–H groups in total. The third kappa shape index (κ3) is 5.54. The van der Waals surface area contributed by atoms with Crippen molar-refractivity contribution in [3.63, 3.8) is 0 Å². The van der Waals surface area contributed by atoms with Crippen molar-refractivity contribution in [2.45, 2.75) is 49.9 Å². The molecule has 1 aromatic carbocycles. The van der Waals surface area contributed by atoms with E-state index in [0.717, 1.165) is 6.07 Å². The Balaban J connectivity index is 1.18. The van der Waals surface area contributed by atoms with Crippen molar-refractivity contribution in [3.8, 4) is 5.75 Å². The van der Waals surface area contributed by atoms with E-state index in [1.807, 2.05) is 0 Å². The fourth-order valence-corrected chi connectivity index (χ4v) is 5.35. The van der Waals surface area contributed by atoms with Crippen molar-refractivity contribution < 1.29 is 31.9 Å². The lowest BCUT2D eigenvalue weighted by atomic mass is 9.76. The van der Waals surface area contributed by atoms with Gasteiger partial charge in [0.2, 0.25) is 5.91 Å². The summed E-state index contributed by atoms with van der Waals surface area (Å²) < 4.78 is 57.0. The number of nitrogens with one attached hydrogen (secondary N) is 3. The average molecular weight is 492 g/mol. The van der Waals surface area contributed by atoms with Crippen molar-refractivity contribution in [2.75, 3.05) is 19.7 Å². The van der Waals surface area contributed by atoms with E-state index in [1.54, 1.807) is 0 Å².